The molecule has 1 aromatic heterocycles. The Bertz CT molecular complexity index is 477. The van der Waals surface area contributed by atoms with E-state index in [0.717, 1.165) is 16.7 Å². The van der Waals surface area contributed by atoms with Gasteiger partial charge in [0.25, 0.3) is 5.91 Å². The normalized spacial score (nSPS) is 16.8. The van der Waals surface area contributed by atoms with Gasteiger partial charge in [0.2, 0.25) is 0 Å². The van der Waals surface area contributed by atoms with E-state index in [0.29, 0.717) is 12.0 Å². The number of nitrogens with zero attached hydrogens (tertiary/aromatic N) is 2. The van der Waals surface area contributed by atoms with E-state index >= 15 is 0 Å². The molecule has 0 aliphatic heterocycles. The van der Waals surface area contributed by atoms with Gasteiger partial charge in [-0.1, -0.05) is 13.8 Å². The average Bonchev–Trinajstić information content (AvgIpc) is 3.10. The first kappa shape index (κ1) is 15.6. The minimum Gasteiger partial charge on any atom is -0.346 e. The third kappa shape index (κ3) is 3.85. The molecule has 112 valence electrons. The second-order valence-corrected chi connectivity index (χ2v) is 7.18. The zero-order valence-electron chi connectivity index (χ0n) is 12.7. The van der Waals surface area contributed by atoms with Crippen LogP contribution in [0.2, 0.25) is 0 Å². The Labute approximate surface area is 129 Å². The Morgan fingerprint density at radius 1 is 1.50 bits per heavy atom. The van der Waals surface area contributed by atoms with Crippen LogP contribution in [0.5, 0.6) is 0 Å². The van der Waals surface area contributed by atoms with Gasteiger partial charge in [-0.3, -0.25) is 4.79 Å². The van der Waals surface area contributed by atoms with Crippen molar-refractivity contribution >= 4 is 21.8 Å². The van der Waals surface area contributed by atoms with Gasteiger partial charge in [0, 0.05) is 29.3 Å². The van der Waals surface area contributed by atoms with E-state index in [-0.39, 0.29) is 11.9 Å². The number of amides is 1. The fourth-order valence-corrected chi connectivity index (χ4v) is 2.78. The van der Waals surface area contributed by atoms with Crippen molar-refractivity contribution in [2.24, 2.45) is 5.92 Å². The van der Waals surface area contributed by atoms with Gasteiger partial charge < -0.3 is 14.8 Å². The molecule has 2 rings (SSSR count). The zero-order chi connectivity index (χ0) is 14.9. The SMILES string of the molecule is CC(C)C(CN(C)C)NC(=O)c1cc(Br)cn1C1CC1. The molecule has 0 spiro atoms. The quantitative estimate of drug-likeness (QED) is 0.863. The second kappa shape index (κ2) is 6.31. The summed E-state index contributed by atoms with van der Waals surface area (Å²) in [4.78, 5) is 14.6. The van der Waals surface area contributed by atoms with Crippen LogP contribution in [-0.4, -0.2) is 42.1 Å². The maximum atomic E-state index is 12.5. The third-order valence-corrected chi connectivity index (χ3v) is 4.10. The number of likely N-dealkylation sites (N-methyl/N-ethyl adjacent to an activating group) is 1. The summed E-state index contributed by atoms with van der Waals surface area (Å²) in [6.07, 6.45) is 4.36. The Morgan fingerprint density at radius 3 is 2.65 bits per heavy atom. The van der Waals surface area contributed by atoms with Crippen molar-refractivity contribution in [2.45, 2.75) is 38.8 Å². The lowest BCUT2D eigenvalue weighted by Gasteiger charge is -2.25. The highest BCUT2D eigenvalue weighted by Gasteiger charge is 2.28. The summed E-state index contributed by atoms with van der Waals surface area (Å²) in [5.74, 6) is 0.442. The van der Waals surface area contributed by atoms with E-state index in [2.05, 4.69) is 44.6 Å². The first-order valence-electron chi connectivity index (χ1n) is 7.21. The molecule has 0 aromatic carbocycles. The van der Waals surface area contributed by atoms with Crippen LogP contribution in [0, 0.1) is 5.92 Å². The minimum absolute atomic E-state index is 0.0307. The molecule has 1 heterocycles. The standard InChI is InChI=1S/C15H24BrN3O/c1-10(2)13(9-18(3)4)17-15(20)14-7-11(16)8-19(14)12-5-6-12/h7-8,10,12-13H,5-6,9H2,1-4H3,(H,17,20). The van der Waals surface area contributed by atoms with E-state index in [1.807, 2.05) is 26.4 Å². The van der Waals surface area contributed by atoms with Crippen molar-refractivity contribution < 1.29 is 4.79 Å². The third-order valence-electron chi connectivity index (χ3n) is 3.67. The predicted molar refractivity (Wildman–Crippen MR) is 85.0 cm³/mol. The lowest BCUT2D eigenvalue weighted by Crippen LogP contribution is -2.45. The predicted octanol–water partition coefficient (Wildman–Crippen LogP) is 2.90. The van der Waals surface area contributed by atoms with Gasteiger partial charge in [-0.15, -0.1) is 0 Å². The Balaban J connectivity index is 2.10. The summed E-state index contributed by atoms with van der Waals surface area (Å²) < 4.78 is 3.08. The van der Waals surface area contributed by atoms with Gasteiger partial charge in [-0.25, -0.2) is 0 Å². The number of rotatable bonds is 6. The first-order valence-corrected chi connectivity index (χ1v) is 8.00. The summed E-state index contributed by atoms with van der Waals surface area (Å²) in [6.45, 7) is 5.14. The zero-order valence-corrected chi connectivity index (χ0v) is 14.3. The lowest BCUT2D eigenvalue weighted by molar-refractivity contribution is 0.0907. The van der Waals surface area contributed by atoms with Crippen LogP contribution in [0.25, 0.3) is 0 Å². The van der Waals surface area contributed by atoms with Crippen LogP contribution in [0.1, 0.15) is 43.2 Å². The van der Waals surface area contributed by atoms with Crippen LogP contribution >= 0.6 is 15.9 Å². The Morgan fingerprint density at radius 2 is 2.15 bits per heavy atom. The Hall–Kier alpha value is -0.810. The monoisotopic (exact) mass is 341 g/mol. The van der Waals surface area contributed by atoms with Gasteiger partial charge in [-0.2, -0.15) is 0 Å². The molecule has 1 aliphatic rings. The van der Waals surface area contributed by atoms with Gasteiger partial charge in [-0.05, 0) is 54.9 Å². The van der Waals surface area contributed by atoms with E-state index < -0.39 is 0 Å². The van der Waals surface area contributed by atoms with Crippen molar-refractivity contribution in [1.82, 2.24) is 14.8 Å². The smallest absolute Gasteiger partial charge is 0.268 e. The summed E-state index contributed by atoms with van der Waals surface area (Å²) >= 11 is 3.47. The number of hydrogen-bond acceptors (Lipinski definition) is 2. The second-order valence-electron chi connectivity index (χ2n) is 6.27. The maximum Gasteiger partial charge on any atom is 0.268 e. The molecule has 0 saturated heterocycles. The van der Waals surface area contributed by atoms with Crippen molar-refractivity contribution in [3.8, 4) is 0 Å². The van der Waals surface area contributed by atoms with Crippen LogP contribution in [0.15, 0.2) is 16.7 Å². The summed E-state index contributed by atoms with van der Waals surface area (Å²) in [7, 11) is 4.07. The molecule has 1 unspecified atom stereocenters. The van der Waals surface area contributed by atoms with Crippen molar-refractivity contribution in [2.75, 3.05) is 20.6 Å². The molecule has 5 heteroatoms. The first-order chi connectivity index (χ1) is 9.38. The molecule has 1 aliphatic carbocycles. The van der Waals surface area contributed by atoms with Crippen LogP contribution < -0.4 is 5.32 Å². The molecule has 1 aromatic rings. The molecule has 1 fully saturated rings. The highest BCUT2D eigenvalue weighted by Crippen LogP contribution is 2.37. The van der Waals surface area contributed by atoms with E-state index in [1.165, 1.54) is 12.8 Å². The average molecular weight is 342 g/mol. The van der Waals surface area contributed by atoms with Gasteiger partial charge in [0.15, 0.2) is 0 Å². The van der Waals surface area contributed by atoms with Crippen molar-refractivity contribution in [3.63, 3.8) is 0 Å². The highest BCUT2D eigenvalue weighted by atomic mass is 79.9. The molecular weight excluding hydrogens is 318 g/mol. The molecule has 1 N–H and O–H groups in total. The van der Waals surface area contributed by atoms with Gasteiger partial charge in [0.1, 0.15) is 5.69 Å². The number of nitrogens with one attached hydrogen (secondary N) is 1. The maximum absolute atomic E-state index is 12.5. The van der Waals surface area contributed by atoms with Gasteiger partial charge >= 0.3 is 0 Å². The fourth-order valence-electron chi connectivity index (χ4n) is 2.34. The van der Waals surface area contributed by atoms with E-state index in [4.69, 9.17) is 0 Å². The molecule has 0 bridgehead atoms. The minimum atomic E-state index is 0.0307. The highest BCUT2D eigenvalue weighted by molar-refractivity contribution is 9.10. The summed E-state index contributed by atoms with van der Waals surface area (Å²) in [5, 5.41) is 3.18. The van der Waals surface area contributed by atoms with Crippen LogP contribution in [-0.2, 0) is 0 Å². The molecule has 0 radical (unpaired) electrons. The summed E-state index contributed by atoms with van der Waals surface area (Å²) in [5.41, 5.74) is 0.767. The molecule has 4 nitrogen and oxygen atoms in total. The molecular formula is C15H24BrN3O. The molecule has 1 amide bonds. The summed E-state index contributed by atoms with van der Waals surface area (Å²) in [6, 6.07) is 2.59. The molecule has 20 heavy (non-hydrogen) atoms. The molecule has 1 saturated carbocycles. The van der Waals surface area contributed by atoms with Crippen molar-refractivity contribution in [3.05, 3.63) is 22.4 Å². The number of carbonyl (C=O) groups is 1. The fraction of sp³-hybridized carbons (Fsp3) is 0.667. The molecule has 1 atom stereocenters. The van der Waals surface area contributed by atoms with E-state index in [1.54, 1.807) is 0 Å². The largest absolute Gasteiger partial charge is 0.346 e. The van der Waals surface area contributed by atoms with Crippen LogP contribution in [0.4, 0.5) is 0 Å². The lowest BCUT2D eigenvalue weighted by atomic mass is 10.0. The number of carbonyl (C=O) groups excluding carboxylic acids is 1. The number of hydrogen-bond donors (Lipinski definition) is 1. The van der Waals surface area contributed by atoms with Crippen molar-refractivity contribution in [1.29, 1.82) is 0 Å². The van der Waals surface area contributed by atoms with Gasteiger partial charge in [0.05, 0.1) is 0 Å². The number of halogens is 1. The topological polar surface area (TPSA) is 37.3 Å². The van der Waals surface area contributed by atoms with E-state index in [9.17, 15) is 4.79 Å². The Kier molecular flexibility index (Phi) is 4.91. The van der Waals surface area contributed by atoms with Crippen LogP contribution in [0.3, 0.4) is 0 Å². The number of aromatic nitrogens is 1.